The summed E-state index contributed by atoms with van der Waals surface area (Å²) >= 11 is 0. The van der Waals surface area contributed by atoms with Crippen LogP contribution >= 0.6 is 0 Å². The van der Waals surface area contributed by atoms with Crippen LogP contribution < -0.4 is 0 Å². The second kappa shape index (κ2) is 6.74. The zero-order valence-electron chi connectivity index (χ0n) is 14.1. The van der Waals surface area contributed by atoms with Gasteiger partial charge in [0.25, 0.3) is 0 Å². The number of benzene rings is 1. The highest BCUT2D eigenvalue weighted by Gasteiger charge is 2.28. The molecule has 0 amide bonds. The Bertz CT molecular complexity index is 500. The van der Waals surface area contributed by atoms with Gasteiger partial charge in [0.2, 0.25) is 0 Å². The van der Waals surface area contributed by atoms with E-state index < -0.39 is 0 Å². The van der Waals surface area contributed by atoms with E-state index in [1.165, 1.54) is 36.8 Å². The van der Waals surface area contributed by atoms with Crippen LogP contribution in [0.15, 0.2) is 18.2 Å². The standard InChI is InChI=1S/C19H29NO/c1-13-6-10-18(11-7-13)20(5)16(4)19(21)17-9-8-14(2)15(3)12-17/h8-9,12-13,16,18H,6-7,10-11H2,1-5H3. The van der Waals surface area contributed by atoms with Gasteiger partial charge in [0, 0.05) is 11.6 Å². The molecule has 2 nitrogen and oxygen atoms in total. The van der Waals surface area contributed by atoms with Gasteiger partial charge in [-0.05, 0) is 76.6 Å². The van der Waals surface area contributed by atoms with E-state index in [1.807, 2.05) is 12.1 Å². The third-order valence-corrected chi connectivity index (χ3v) is 5.34. The molecule has 0 spiro atoms. The van der Waals surface area contributed by atoms with E-state index in [0.717, 1.165) is 11.5 Å². The fourth-order valence-corrected chi connectivity index (χ4v) is 3.29. The summed E-state index contributed by atoms with van der Waals surface area (Å²) in [5.74, 6) is 1.10. The first kappa shape index (κ1) is 16.2. The molecule has 0 saturated heterocycles. The fourth-order valence-electron chi connectivity index (χ4n) is 3.29. The molecule has 1 unspecified atom stereocenters. The van der Waals surface area contributed by atoms with Crippen molar-refractivity contribution in [2.75, 3.05) is 7.05 Å². The number of ketones is 1. The Balaban J connectivity index is 2.05. The zero-order chi connectivity index (χ0) is 15.6. The molecule has 1 atom stereocenters. The van der Waals surface area contributed by atoms with Gasteiger partial charge < -0.3 is 0 Å². The molecule has 1 aromatic carbocycles. The summed E-state index contributed by atoms with van der Waals surface area (Å²) in [4.78, 5) is 15.0. The van der Waals surface area contributed by atoms with Crippen molar-refractivity contribution < 1.29 is 4.79 Å². The molecular formula is C19H29NO. The molecule has 0 aliphatic heterocycles. The van der Waals surface area contributed by atoms with Gasteiger partial charge in [0.05, 0.1) is 6.04 Å². The molecule has 1 aromatic rings. The van der Waals surface area contributed by atoms with Crippen molar-refractivity contribution in [3.05, 3.63) is 34.9 Å². The van der Waals surface area contributed by atoms with Crippen LogP contribution in [0.2, 0.25) is 0 Å². The number of aryl methyl sites for hydroxylation is 2. The monoisotopic (exact) mass is 287 g/mol. The summed E-state index contributed by atoms with van der Waals surface area (Å²) < 4.78 is 0. The number of hydrogen-bond donors (Lipinski definition) is 0. The van der Waals surface area contributed by atoms with E-state index >= 15 is 0 Å². The Labute approximate surface area is 129 Å². The summed E-state index contributed by atoms with van der Waals surface area (Å²) in [6, 6.07) is 6.58. The molecule has 1 aliphatic rings. The van der Waals surface area contributed by atoms with Crippen molar-refractivity contribution in [2.45, 2.75) is 65.5 Å². The lowest BCUT2D eigenvalue weighted by Gasteiger charge is -2.36. The summed E-state index contributed by atoms with van der Waals surface area (Å²) in [6.07, 6.45) is 5.03. The molecule has 21 heavy (non-hydrogen) atoms. The lowest BCUT2D eigenvalue weighted by Crippen LogP contribution is -2.44. The third kappa shape index (κ3) is 3.74. The van der Waals surface area contributed by atoms with Gasteiger partial charge in [-0.1, -0.05) is 19.1 Å². The highest BCUT2D eigenvalue weighted by atomic mass is 16.1. The van der Waals surface area contributed by atoms with Gasteiger partial charge in [-0.15, -0.1) is 0 Å². The normalized spacial score (nSPS) is 24.1. The van der Waals surface area contributed by atoms with E-state index in [-0.39, 0.29) is 11.8 Å². The van der Waals surface area contributed by atoms with Gasteiger partial charge in [-0.2, -0.15) is 0 Å². The topological polar surface area (TPSA) is 20.3 Å². The number of nitrogens with zero attached hydrogens (tertiary/aromatic N) is 1. The maximum atomic E-state index is 12.7. The minimum Gasteiger partial charge on any atom is -0.294 e. The first-order valence-electron chi connectivity index (χ1n) is 8.23. The summed E-state index contributed by atoms with van der Waals surface area (Å²) in [5.41, 5.74) is 3.29. The van der Waals surface area contributed by atoms with Crippen molar-refractivity contribution in [3.8, 4) is 0 Å². The highest BCUT2D eigenvalue weighted by molar-refractivity contribution is 6.00. The van der Waals surface area contributed by atoms with E-state index in [1.54, 1.807) is 0 Å². The highest BCUT2D eigenvalue weighted by Crippen LogP contribution is 2.28. The first-order valence-corrected chi connectivity index (χ1v) is 8.23. The Hall–Kier alpha value is -1.15. The largest absolute Gasteiger partial charge is 0.294 e. The molecule has 0 radical (unpaired) electrons. The van der Waals surface area contributed by atoms with Crippen LogP contribution in [-0.2, 0) is 0 Å². The number of likely N-dealkylation sites (N-methyl/N-ethyl adjacent to an activating group) is 1. The van der Waals surface area contributed by atoms with Crippen molar-refractivity contribution in [3.63, 3.8) is 0 Å². The van der Waals surface area contributed by atoms with E-state index in [2.05, 4.69) is 45.7 Å². The Kier molecular flexibility index (Phi) is 5.21. The molecule has 0 N–H and O–H groups in total. The fraction of sp³-hybridized carbons (Fsp3) is 0.632. The summed E-state index contributed by atoms with van der Waals surface area (Å²) in [7, 11) is 2.12. The van der Waals surface area contributed by atoms with Gasteiger partial charge in [-0.3, -0.25) is 9.69 Å². The molecule has 0 bridgehead atoms. The zero-order valence-corrected chi connectivity index (χ0v) is 14.1. The van der Waals surface area contributed by atoms with Crippen molar-refractivity contribution in [2.24, 2.45) is 5.92 Å². The van der Waals surface area contributed by atoms with E-state index in [0.29, 0.717) is 6.04 Å². The molecule has 1 aliphatic carbocycles. The van der Waals surface area contributed by atoms with Gasteiger partial charge >= 0.3 is 0 Å². The second-order valence-electron chi connectivity index (χ2n) is 6.92. The second-order valence-corrected chi connectivity index (χ2v) is 6.92. The summed E-state index contributed by atoms with van der Waals surface area (Å²) in [5, 5.41) is 0. The predicted molar refractivity (Wildman–Crippen MR) is 88.9 cm³/mol. The van der Waals surface area contributed by atoms with Gasteiger partial charge in [-0.25, -0.2) is 0 Å². The Morgan fingerprint density at radius 3 is 2.33 bits per heavy atom. The first-order chi connectivity index (χ1) is 9.90. The third-order valence-electron chi connectivity index (χ3n) is 5.34. The molecule has 0 aromatic heterocycles. The maximum Gasteiger partial charge on any atom is 0.179 e. The van der Waals surface area contributed by atoms with Crippen LogP contribution in [0.1, 0.15) is 61.0 Å². The van der Waals surface area contributed by atoms with Crippen LogP contribution in [0.4, 0.5) is 0 Å². The molecule has 2 heteroatoms. The number of carbonyl (C=O) groups is 1. The number of carbonyl (C=O) groups excluding carboxylic acids is 1. The van der Waals surface area contributed by atoms with E-state index in [9.17, 15) is 4.79 Å². The van der Waals surface area contributed by atoms with Crippen LogP contribution in [0.3, 0.4) is 0 Å². The predicted octanol–water partition coefficient (Wildman–Crippen LogP) is 4.39. The average molecular weight is 287 g/mol. The van der Waals surface area contributed by atoms with Crippen LogP contribution in [0, 0.1) is 19.8 Å². The van der Waals surface area contributed by atoms with Crippen LogP contribution in [0.5, 0.6) is 0 Å². The average Bonchev–Trinajstić information content (AvgIpc) is 2.48. The summed E-state index contributed by atoms with van der Waals surface area (Å²) in [6.45, 7) is 8.54. The Morgan fingerprint density at radius 1 is 1.14 bits per heavy atom. The Morgan fingerprint density at radius 2 is 1.76 bits per heavy atom. The molecule has 0 heterocycles. The molecule has 2 rings (SSSR count). The quantitative estimate of drug-likeness (QED) is 0.766. The maximum absolute atomic E-state index is 12.7. The molecule has 116 valence electrons. The molecular weight excluding hydrogens is 258 g/mol. The van der Waals surface area contributed by atoms with Crippen molar-refractivity contribution in [1.29, 1.82) is 0 Å². The number of hydrogen-bond acceptors (Lipinski definition) is 2. The lowest BCUT2D eigenvalue weighted by molar-refractivity contribution is 0.0758. The molecule has 1 fully saturated rings. The minimum atomic E-state index is -0.0366. The van der Waals surface area contributed by atoms with Gasteiger partial charge in [0.1, 0.15) is 0 Å². The van der Waals surface area contributed by atoms with E-state index in [4.69, 9.17) is 0 Å². The van der Waals surface area contributed by atoms with Crippen molar-refractivity contribution >= 4 is 5.78 Å². The lowest BCUT2D eigenvalue weighted by atomic mass is 9.86. The van der Waals surface area contributed by atoms with Crippen molar-refractivity contribution in [1.82, 2.24) is 4.90 Å². The number of rotatable bonds is 4. The van der Waals surface area contributed by atoms with Crippen LogP contribution in [-0.4, -0.2) is 29.8 Å². The van der Waals surface area contributed by atoms with Gasteiger partial charge in [0.15, 0.2) is 5.78 Å². The minimum absolute atomic E-state index is 0.0366. The number of Topliss-reactive ketones (excluding diaryl/α,β-unsaturated/α-hetero) is 1. The molecule has 1 saturated carbocycles. The smallest absolute Gasteiger partial charge is 0.179 e. The SMILES string of the molecule is Cc1ccc(C(=O)C(C)N(C)C2CCC(C)CC2)cc1C. The van der Waals surface area contributed by atoms with Crippen LogP contribution in [0.25, 0.3) is 0 Å².